The summed E-state index contributed by atoms with van der Waals surface area (Å²) >= 11 is 0. The number of ether oxygens (including phenoxy) is 1. The molecule has 106 valence electrons. The molecule has 3 unspecified atom stereocenters. The Kier molecular flexibility index (Phi) is 5.08. The molecule has 0 amide bonds. The van der Waals surface area contributed by atoms with E-state index in [1.165, 1.54) is 44.9 Å². The van der Waals surface area contributed by atoms with Crippen molar-refractivity contribution in [1.29, 1.82) is 0 Å². The van der Waals surface area contributed by atoms with Crippen LogP contribution in [0.1, 0.15) is 65.7 Å². The van der Waals surface area contributed by atoms with Crippen LogP contribution in [0.15, 0.2) is 0 Å². The summed E-state index contributed by atoms with van der Waals surface area (Å²) in [6.07, 6.45) is 9.48. The van der Waals surface area contributed by atoms with Crippen LogP contribution in [0.25, 0.3) is 0 Å². The van der Waals surface area contributed by atoms with Crippen LogP contribution in [0.3, 0.4) is 0 Å². The Morgan fingerprint density at radius 1 is 1.22 bits per heavy atom. The highest BCUT2D eigenvalue weighted by Crippen LogP contribution is 2.44. The van der Waals surface area contributed by atoms with Crippen molar-refractivity contribution >= 4 is 0 Å². The average Bonchev–Trinajstić information content (AvgIpc) is 2.26. The van der Waals surface area contributed by atoms with Gasteiger partial charge in [0.15, 0.2) is 0 Å². The molecule has 0 saturated heterocycles. The lowest BCUT2D eigenvalue weighted by Gasteiger charge is -2.50. The molecule has 0 heterocycles. The van der Waals surface area contributed by atoms with Crippen molar-refractivity contribution in [3.8, 4) is 0 Å². The Morgan fingerprint density at radius 2 is 2.00 bits per heavy atom. The van der Waals surface area contributed by atoms with Gasteiger partial charge in [0.25, 0.3) is 0 Å². The van der Waals surface area contributed by atoms with E-state index in [0.717, 1.165) is 25.0 Å². The Labute approximate surface area is 113 Å². The molecule has 3 atom stereocenters. The largest absolute Gasteiger partial charge is 0.374 e. The number of hydrogen-bond acceptors (Lipinski definition) is 2. The molecular weight excluding hydrogens is 222 g/mol. The Bertz CT molecular complexity index is 247. The minimum Gasteiger partial charge on any atom is -0.374 e. The first-order valence-corrected chi connectivity index (χ1v) is 8.09. The van der Waals surface area contributed by atoms with Crippen molar-refractivity contribution in [2.24, 2.45) is 11.8 Å². The third-order valence-electron chi connectivity index (χ3n) is 5.03. The first-order valence-electron chi connectivity index (χ1n) is 8.09. The summed E-state index contributed by atoms with van der Waals surface area (Å²) in [5.41, 5.74) is 0.132. The van der Waals surface area contributed by atoms with Crippen LogP contribution in [-0.4, -0.2) is 24.8 Å². The van der Waals surface area contributed by atoms with E-state index in [-0.39, 0.29) is 5.60 Å². The number of likely N-dealkylation sites (N-methyl/N-ethyl adjacent to an activating group) is 1. The Morgan fingerprint density at radius 3 is 2.50 bits per heavy atom. The fourth-order valence-electron chi connectivity index (χ4n) is 4.11. The van der Waals surface area contributed by atoms with Crippen LogP contribution >= 0.6 is 0 Å². The smallest absolute Gasteiger partial charge is 0.0839 e. The van der Waals surface area contributed by atoms with Gasteiger partial charge in [0.1, 0.15) is 0 Å². The second kappa shape index (κ2) is 6.38. The topological polar surface area (TPSA) is 21.3 Å². The fourth-order valence-corrected chi connectivity index (χ4v) is 4.11. The zero-order valence-corrected chi connectivity index (χ0v) is 12.5. The number of nitrogens with one attached hydrogen (secondary N) is 1. The lowest BCUT2D eigenvalue weighted by Crippen LogP contribution is -2.59. The van der Waals surface area contributed by atoms with E-state index < -0.39 is 0 Å². The summed E-state index contributed by atoms with van der Waals surface area (Å²) in [7, 11) is 0. The van der Waals surface area contributed by atoms with E-state index in [1.54, 1.807) is 0 Å². The first kappa shape index (κ1) is 14.3. The Balaban J connectivity index is 2.13. The van der Waals surface area contributed by atoms with Crippen LogP contribution in [0.5, 0.6) is 0 Å². The standard InChI is InChI=1S/C16H31NO/c1-4-17-15(14-9-6-10-14)16(18-5-2)11-7-8-13(3)12-16/h13-15,17H,4-12H2,1-3H3. The first-order chi connectivity index (χ1) is 8.72. The predicted molar refractivity (Wildman–Crippen MR) is 76.8 cm³/mol. The molecule has 2 aliphatic rings. The zero-order chi connectivity index (χ0) is 13.0. The van der Waals surface area contributed by atoms with E-state index in [0.29, 0.717) is 6.04 Å². The molecule has 0 aromatic carbocycles. The lowest BCUT2D eigenvalue weighted by molar-refractivity contribution is -0.119. The molecule has 0 aromatic rings. The molecule has 2 rings (SSSR count). The minimum absolute atomic E-state index is 0.132. The van der Waals surface area contributed by atoms with E-state index in [4.69, 9.17) is 4.74 Å². The SMILES string of the molecule is CCNC(C1CCC1)C1(OCC)CCCC(C)C1. The van der Waals surface area contributed by atoms with Crippen LogP contribution in [0.2, 0.25) is 0 Å². The summed E-state index contributed by atoms with van der Waals surface area (Å²) < 4.78 is 6.35. The minimum atomic E-state index is 0.132. The van der Waals surface area contributed by atoms with Crippen LogP contribution < -0.4 is 5.32 Å². The predicted octanol–water partition coefficient (Wildman–Crippen LogP) is 3.75. The number of hydrogen-bond donors (Lipinski definition) is 1. The molecule has 2 heteroatoms. The summed E-state index contributed by atoms with van der Waals surface area (Å²) in [6.45, 7) is 8.73. The maximum Gasteiger partial charge on any atom is 0.0839 e. The molecule has 2 nitrogen and oxygen atoms in total. The number of rotatable bonds is 6. The normalized spacial score (nSPS) is 35.2. The lowest BCUT2D eigenvalue weighted by atomic mass is 9.66. The van der Waals surface area contributed by atoms with Crippen molar-refractivity contribution < 1.29 is 4.74 Å². The van der Waals surface area contributed by atoms with Gasteiger partial charge in [-0.3, -0.25) is 0 Å². The molecule has 0 spiro atoms. The highest BCUT2D eigenvalue weighted by molar-refractivity contribution is 5.01. The second-order valence-electron chi connectivity index (χ2n) is 6.43. The molecule has 2 aliphatic carbocycles. The monoisotopic (exact) mass is 253 g/mol. The van der Waals surface area contributed by atoms with Gasteiger partial charge >= 0.3 is 0 Å². The van der Waals surface area contributed by atoms with Gasteiger partial charge in [-0.25, -0.2) is 0 Å². The van der Waals surface area contributed by atoms with Gasteiger partial charge in [0.2, 0.25) is 0 Å². The van der Waals surface area contributed by atoms with Gasteiger partial charge in [0, 0.05) is 12.6 Å². The molecule has 0 radical (unpaired) electrons. The van der Waals surface area contributed by atoms with Gasteiger partial charge in [-0.2, -0.15) is 0 Å². The van der Waals surface area contributed by atoms with Crippen molar-refractivity contribution in [3.63, 3.8) is 0 Å². The molecule has 0 aliphatic heterocycles. The molecule has 0 bridgehead atoms. The zero-order valence-electron chi connectivity index (χ0n) is 12.5. The van der Waals surface area contributed by atoms with Crippen molar-refractivity contribution in [2.45, 2.75) is 77.4 Å². The maximum absolute atomic E-state index is 6.35. The molecular formula is C16H31NO. The van der Waals surface area contributed by atoms with Crippen molar-refractivity contribution in [3.05, 3.63) is 0 Å². The highest BCUT2D eigenvalue weighted by Gasteiger charge is 2.46. The Hall–Kier alpha value is -0.0800. The quantitative estimate of drug-likeness (QED) is 0.778. The van der Waals surface area contributed by atoms with Gasteiger partial charge in [-0.1, -0.05) is 33.1 Å². The molecule has 0 aromatic heterocycles. The average molecular weight is 253 g/mol. The third kappa shape index (κ3) is 2.91. The molecule has 1 N–H and O–H groups in total. The van der Waals surface area contributed by atoms with Crippen LogP contribution in [0, 0.1) is 11.8 Å². The van der Waals surface area contributed by atoms with Crippen LogP contribution in [0.4, 0.5) is 0 Å². The van der Waals surface area contributed by atoms with E-state index >= 15 is 0 Å². The second-order valence-corrected chi connectivity index (χ2v) is 6.43. The van der Waals surface area contributed by atoms with E-state index in [2.05, 4.69) is 26.1 Å². The summed E-state index contributed by atoms with van der Waals surface area (Å²) in [5, 5.41) is 3.78. The summed E-state index contributed by atoms with van der Waals surface area (Å²) in [6, 6.07) is 0.596. The van der Waals surface area contributed by atoms with Crippen molar-refractivity contribution in [2.75, 3.05) is 13.2 Å². The van der Waals surface area contributed by atoms with E-state index in [1.807, 2.05) is 0 Å². The van der Waals surface area contributed by atoms with Crippen molar-refractivity contribution in [1.82, 2.24) is 5.32 Å². The molecule has 18 heavy (non-hydrogen) atoms. The summed E-state index contributed by atoms with van der Waals surface area (Å²) in [4.78, 5) is 0. The van der Waals surface area contributed by atoms with Gasteiger partial charge in [0.05, 0.1) is 5.60 Å². The van der Waals surface area contributed by atoms with Crippen LogP contribution in [-0.2, 0) is 4.74 Å². The fraction of sp³-hybridized carbons (Fsp3) is 1.00. The third-order valence-corrected chi connectivity index (χ3v) is 5.03. The molecule has 2 fully saturated rings. The van der Waals surface area contributed by atoms with Gasteiger partial charge in [-0.15, -0.1) is 0 Å². The van der Waals surface area contributed by atoms with E-state index in [9.17, 15) is 0 Å². The van der Waals surface area contributed by atoms with Gasteiger partial charge < -0.3 is 10.1 Å². The highest BCUT2D eigenvalue weighted by atomic mass is 16.5. The van der Waals surface area contributed by atoms with Gasteiger partial charge in [-0.05, 0) is 51.0 Å². The maximum atomic E-state index is 6.35. The molecule has 2 saturated carbocycles. The summed E-state index contributed by atoms with van der Waals surface area (Å²) in [5.74, 6) is 1.69.